The van der Waals surface area contributed by atoms with E-state index in [1.807, 2.05) is 33.8 Å². The molecule has 0 radical (unpaired) electrons. The van der Waals surface area contributed by atoms with Crippen LogP contribution >= 0.6 is 6.49 Å². The molecule has 11 heteroatoms. The van der Waals surface area contributed by atoms with Crippen molar-refractivity contribution in [2.45, 2.75) is 46.1 Å². The number of hydrogen-bond donors (Lipinski definition) is 2. The maximum atomic E-state index is 12.5. The summed E-state index contributed by atoms with van der Waals surface area (Å²) in [6.45, 7) is 6.73. The van der Waals surface area contributed by atoms with Crippen LogP contribution < -0.4 is 14.4 Å². The lowest BCUT2D eigenvalue weighted by Crippen LogP contribution is -2.37. The standard InChI is InChI=1S/C19H31N2O6PS2/c1-5-25-28(29,26-6-2)12-8-11-20-30(24)14-21(18(22)23)16-10-7-9-15-13-19(3,4)27-17(15)16/h7,9-10,20H,5-6,8,11-14H2,1-4H3,(H,22,23). The van der Waals surface area contributed by atoms with Gasteiger partial charge in [-0.25, -0.2) is 13.7 Å². The van der Waals surface area contributed by atoms with Gasteiger partial charge in [-0.1, -0.05) is 12.1 Å². The van der Waals surface area contributed by atoms with Gasteiger partial charge >= 0.3 is 6.09 Å². The van der Waals surface area contributed by atoms with Crippen LogP contribution in [-0.2, 0) is 38.3 Å². The number of nitrogens with one attached hydrogen (secondary N) is 1. The molecule has 0 saturated carbocycles. The molecule has 0 fully saturated rings. The summed E-state index contributed by atoms with van der Waals surface area (Å²) in [7, 11) is -1.59. The van der Waals surface area contributed by atoms with Crippen molar-refractivity contribution in [2.24, 2.45) is 0 Å². The minimum atomic E-state index is -2.32. The summed E-state index contributed by atoms with van der Waals surface area (Å²) in [6.07, 6.45) is 0.687. The fourth-order valence-electron chi connectivity index (χ4n) is 3.22. The number of para-hydroxylation sites is 1. The predicted molar refractivity (Wildman–Crippen MR) is 123 cm³/mol. The second-order valence-corrected chi connectivity index (χ2v) is 12.5. The van der Waals surface area contributed by atoms with E-state index >= 15 is 0 Å². The van der Waals surface area contributed by atoms with E-state index in [4.69, 9.17) is 25.6 Å². The molecule has 170 valence electrons. The Morgan fingerprint density at radius 3 is 2.63 bits per heavy atom. The molecule has 1 atom stereocenters. The normalized spacial score (nSPS) is 16.0. The first-order chi connectivity index (χ1) is 14.1. The molecular weight excluding hydrogens is 447 g/mol. The fourth-order valence-corrected chi connectivity index (χ4v) is 6.85. The lowest BCUT2D eigenvalue weighted by Gasteiger charge is -2.23. The number of amides is 1. The van der Waals surface area contributed by atoms with Crippen molar-refractivity contribution in [1.29, 1.82) is 0 Å². The number of ether oxygens (including phenoxy) is 1. The second kappa shape index (κ2) is 11.0. The molecule has 1 aliphatic rings. The maximum absolute atomic E-state index is 12.5. The van der Waals surface area contributed by atoms with Gasteiger partial charge in [0.25, 0.3) is 0 Å². The van der Waals surface area contributed by atoms with Crippen molar-refractivity contribution in [3.63, 3.8) is 0 Å². The Morgan fingerprint density at radius 2 is 2.03 bits per heavy atom. The van der Waals surface area contributed by atoms with E-state index in [1.165, 1.54) is 0 Å². The number of carbonyl (C=O) groups is 1. The number of hydrogen-bond acceptors (Lipinski definition) is 6. The highest BCUT2D eigenvalue weighted by atomic mass is 32.5. The monoisotopic (exact) mass is 478 g/mol. The minimum absolute atomic E-state index is 0.208. The van der Waals surface area contributed by atoms with Crippen LogP contribution in [0, 0.1) is 0 Å². The number of anilines is 1. The number of fused-ring (bicyclic) bond motifs is 1. The average Bonchev–Trinajstić information content (AvgIpc) is 2.97. The molecule has 2 rings (SSSR count). The Kier molecular flexibility index (Phi) is 9.27. The van der Waals surface area contributed by atoms with Crippen molar-refractivity contribution < 1.29 is 27.9 Å². The quantitative estimate of drug-likeness (QED) is 0.348. The van der Waals surface area contributed by atoms with Gasteiger partial charge in [-0.05, 0) is 52.0 Å². The van der Waals surface area contributed by atoms with Crippen molar-refractivity contribution in [2.75, 3.05) is 36.7 Å². The number of nitrogens with zero attached hydrogens (tertiary/aromatic N) is 1. The van der Waals surface area contributed by atoms with Crippen LogP contribution in [-0.4, -0.2) is 52.8 Å². The highest BCUT2D eigenvalue weighted by Gasteiger charge is 2.34. The Balaban J connectivity index is 1.96. The molecule has 0 aliphatic carbocycles. The van der Waals surface area contributed by atoms with Gasteiger partial charge in [-0.2, -0.15) is 0 Å². The zero-order valence-corrected chi connectivity index (χ0v) is 20.4. The van der Waals surface area contributed by atoms with Crippen LogP contribution in [0.4, 0.5) is 10.5 Å². The molecule has 1 aromatic carbocycles. The van der Waals surface area contributed by atoms with E-state index in [-0.39, 0.29) is 5.88 Å². The van der Waals surface area contributed by atoms with Crippen LogP contribution in [0.5, 0.6) is 5.75 Å². The zero-order chi connectivity index (χ0) is 22.4. The molecule has 1 aromatic rings. The molecular formula is C19H31N2O6PS2. The van der Waals surface area contributed by atoms with Gasteiger partial charge in [-0.3, -0.25) is 4.90 Å². The minimum Gasteiger partial charge on any atom is -0.485 e. The van der Waals surface area contributed by atoms with Crippen molar-refractivity contribution in [3.8, 4) is 5.75 Å². The molecule has 1 heterocycles. The first kappa shape index (κ1) is 25.2. The van der Waals surface area contributed by atoms with Gasteiger partial charge in [0, 0.05) is 24.7 Å². The third-order valence-electron chi connectivity index (χ3n) is 4.36. The molecule has 30 heavy (non-hydrogen) atoms. The fraction of sp³-hybridized carbons (Fsp3) is 0.632. The molecule has 1 aliphatic heterocycles. The Labute approximate surface area is 186 Å². The van der Waals surface area contributed by atoms with E-state index in [0.717, 1.165) is 10.5 Å². The SMILES string of the molecule is CCOP(=S)(CCCNS(=O)CN(C(=O)O)c1cccc2c1OC(C)(C)C2)OCC. The summed E-state index contributed by atoms with van der Waals surface area (Å²) >= 11 is 5.47. The molecule has 2 N–H and O–H groups in total. The Bertz CT molecular complexity index is 810. The van der Waals surface area contributed by atoms with Gasteiger partial charge < -0.3 is 18.9 Å². The third kappa shape index (κ3) is 7.00. The third-order valence-corrected chi connectivity index (χ3v) is 8.73. The average molecular weight is 479 g/mol. The summed E-state index contributed by atoms with van der Waals surface area (Å²) in [5, 5.41) is 9.70. The summed E-state index contributed by atoms with van der Waals surface area (Å²) in [6, 6.07) is 5.38. The second-order valence-electron chi connectivity index (χ2n) is 7.41. The van der Waals surface area contributed by atoms with E-state index < -0.39 is 29.2 Å². The number of rotatable bonds is 12. The number of carboxylic acid groups (broad SMARTS) is 1. The maximum Gasteiger partial charge on any atom is 0.412 e. The van der Waals surface area contributed by atoms with Crippen molar-refractivity contribution in [3.05, 3.63) is 23.8 Å². The lowest BCUT2D eigenvalue weighted by atomic mass is 10.0. The van der Waals surface area contributed by atoms with Gasteiger partial charge in [0.2, 0.25) is 0 Å². The lowest BCUT2D eigenvalue weighted by molar-refractivity contribution is 0.138. The highest BCUT2D eigenvalue weighted by Crippen LogP contribution is 2.48. The summed E-state index contributed by atoms with van der Waals surface area (Å²) in [5.41, 5.74) is 0.949. The van der Waals surface area contributed by atoms with Crippen molar-refractivity contribution in [1.82, 2.24) is 4.72 Å². The molecule has 8 nitrogen and oxygen atoms in total. The summed E-state index contributed by atoms with van der Waals surface area (Å²) in [4.78, 5) is 12.9. The Hall–Kier alpha value is -1.03. The van der Waals surface area contributed by atoms with Gasteiger partial charge in [0.15, 0.2) is 6.49 Å². The molecule has 0 saturated heterocycles. The van der Waals surface area contributed by atoms with Crippen LogP contribution in [0.25, 0.3) is 0 Å². The van der Waals surface area contributed by atoms with Crippen LogP contribution in [0.3, 0.4) is 0 Å². The number of benzene rings is 1. The van der Waals surface area contributed by atoms with Gasteiger partial charge in [0.05, 0.1) is 18.9 Å². The van der Waals surface area contributed by atoms with Crippen LogP contribution in [0.15, 0.2) is 18.2 Å². The van der Waals surface area contributed by atoms with Gasteiger partial charge in [-0.15, -0.1) is 0 Å². The predicted octanol–water partition coefficient (Wildman–Crippen LogP) is 3.87. The molecule has 1 unspecified atom stereocenters. The van der Waals surface area contributed by atoms with E-state index in [9.17, 15) is 14.1 Å². The Morgan fingerprint density at radius 1 is 1.37 bits per heavy atom. The summed E-state index contributed by atoms with van der Waals surface area (Å²) < 4.78 is 32.5. The van der Waals surface area contributed by atoms with Crippen LogP contribution in [0.1, 0.15) is 39.7 Å². The van der Waals surface area contributed by atoms with E-state index in [2.05, 4.69) is 4.72 Å². The van der Waals surface area contributed by atoms with Crippen molar-refractivity contribution >= 4 is 41.1 Å². The van der Waals surface area contributed by atoms with E-state index in [1.54, 1.807) is 12.1 Å². The first-order valence-corrected chi connectivity index (χ1v) is 14.1. The molecule has 0 spiro atoms. The smallest absolute Gasteiger partial charge is 0.412 e. The largest absolute Gasteiger partial charge is 0.485 e. The molecule has 0 bridgehead atoms. The van der Waals surface area contributed by atoms with Crippen LogP contribution in [0.2, 0.25) is 0 Å². The highest BCUT2D eigenvalue weighted by molar-refractivity contribution is 8.09. The van der Waals surface area contributed by atoms with Gasteiger partial charge in [0.1, 0.15) is 28.2 Å². The molecule has 1 amide bonds. The first-order valence-electron chi connectivity index (χ1n) is 9.92. The summed E-state index contributed by atoms with van der Waals surface area (Å²) in [5.74, 6) is 0.330. The molecule has 0 aromatic heterocycles. The van der Waals surface area contributed by atoms with E-state index in [0.29, 0.717) is 50.2 Å². The topological polar surface area (TPSA) is 97.3 Å². The zero-order valence-electron chi connectivity index (χ0n) is 17.9.